The van der Waals surface area contributed by atoms with Gasteiger partial charge in [0, 0.05) is 24.9 Å². The van der Waals surface area contributed by atoms with Gasteiger partial charge in [0.1, 0.15) is 5.76 Å². The SMILES string of the molecule is CCc1nc(C2CCCN2C(=O)c2cc(C3CC3)on2)no1. The average molecular weight is 302 g/mol. The van der Waals surface area contributed by atoms with Gasteiger partial charge in [-0.05, 0) is 25.7 Å². The average Bonchev–Trinajstić information content (AvgIpc) is 3.02. The van der Waals surface area contributed by atoms with E-state index in [0.29, 0.717) is 36.3 Å². The summed E-state index contributed by atoms with van der Waals surface area (Å²) in [4.78, 5) is 18.8. The Morgan fingerprint density at radius 1 is 1.32 bits per heavy atom. The fourth-order valence-electron chi connectivity index (χ4n) is 2.92. The molecule has 1 saturated heterocycles. The lowest BCUT2D eigenvalue weighted by Gasteiger charge is -2.20. The van der Waals surface area contributed by atoms with E-state index in [-0.39, 0.29) is 11.9 Å². The summed E-state index contributed by atoms with van der Waals surface area (Å²) in [5.41, 5.74) is 0.382. The highest BCUT2D eigenvalue weighted by Gasteiger charge is 2.36. The van der Waals surface area contributed by atoms with E-state index in [0.717, 1.165) is 31.4 Å². The first kappa shape index (κ1) is 13.5. The van der Waals surface area contributed by atoms with Crippen LogP contribution in [-0.2, 0) is 6.42 Å². The van der Waals surface area contributed by atoms with Crippen molar-refractivity contribution < 1.29 is 13.8 Å². The molecule has 116 valence electrons. The summed E-state index contributed by atoms with van der Waals surface area (Å²) >= 11 is 0. The van der Waals surface area contributed by atoms with Gasteiger partial charge in [-0.15, -0.1) is 0 Å². The van der Waals surface area contributed by atoms with Crippen molar-refractivity contribution >= 4 is 5.91 Å². The van der Waals surface area contributed by atoms with E-state index in [1.54, 1.807) is 11.0 Å². The minimum absolute atomic E-state index is 0.110. The zero-order valence-corrected chi connectivity index (χ0v) is 12.5. The van der Waals surface area contributed by atoms with Crippen molar-refractivity contribution in [3.8, 4) is 0 Å². The fraction of sp³-hybridized carbons (Fsp3) is 0.600. The molecule has 1 amide bonds. The Hall–Kier alpha value is -2.18. The van der Waals surface area contributed by atoms with Gasteiger partial charge in [-0.3, -0.25) is 4.79 Å². The molecule has 0 spiro atoms. The first-order chi connectivity index (χ1) is 10.8. The largest absolute Gasteiger partial charge is 0.360 e. The number of carbonyl (C=O) groups is 1. The first-order valence-electron chi connectivity index (χ1n) is 7.86. The van der Waals surface area contributed by atoms with Gasteiger partial charge in [0.15, 0.2) is 11.5 Å². The molecular formula is C15H18N4O3. The van der Waals surface area contributed by atoms with E-state index in [9.17, 15) is 4.79 Å². The summed E-state index contributed by atoms with van der Waals surface area (Å²) in [5, 5.41) is 7.96. The van der Waals surface area contributed by atoms with Gasteiger partial charge in [0.25, 0.3) is 5.91 Å². The Kier molecular flexibility index (Phi) is 3.20. The lowest BCUT2D eigenvalue weighted by molar-refractivity contribution is 0.0717. The van der Waals surface area contributed by atoms with Crippen LogP contribution in [0.4, 0.5) is 0 Å². The van der Waals surface area contributed by atoms with E-state index in [1.807, 2.05) is 6.92 Å². The minimum atomic E-state index is -0.127. The predicted octanol–water partition coefficient (Wildman–Crippen LogP) is 2.47. The van der Waals surface area contributed by atoms with Gasteiger partial charge in [-0.25, -0.2) is 0 Å². The molecule has 7 heteroatoms. The third-order valence-electron chi connectivity index (χ3n) is 4.33. The molecule has 0 radical (unpaired) electrons. The molecule has 2 aliphatic rings. The molecule has 0 N–H and O–H groups in total. The van der Waals surface area contributed by atoms with E-state index < -0.39 is 0 Å². The molecule has 2 fully saturated rings. The smallest absolute Gasteiger partial charge is 0.276 e. The molecule has 3 heterocycles. The van der Waals surface area contributed by atoms with Crippen LogP contribution in [0, 0.1) is 0 Å². The molecule has 2 aromatic heterocycles. The number of carbonyl (C=O) groups excluding carboxylic acids is 1. The minimum Gasteiger partial charge on any atom is -0.360 e. The van der Waals surface area contributed by atoms with Crippen LogP contribution in [0.15, 0.2) is 15.1 Å². The highest BCUT2D eigenvalue weighted by molar-refractivity contribution is 5.92. The molecule has 1 aliphatic heterocycles. The van der Waals surface area contributed by atoms with E-state index in [4.69, 9.17) is 9.05 Å². The Balaban J connectivity index is 1.55. The molecule has 1 aliphatic carbocycles. The molecule has 1 atom stereocenters. The topological polar surface area (TPSA) is 85.3 Å². The number of aromatic nitrogens is 3. The van der Waals surface area contributed by atoms with E-state index in [2.05, 4.69) is 15.3 Å². The highest BCUT2D eigenvalue weighted by Crippen LogP contribution is 2.40. The summed E-state index contributed by atoms with van der Waals surface area (Å²) in [7, 11) is 0. The summed E-state index contributed by atoms with van der Waals surface area (Å²) in [6.07, 6.45) is 4.72. The quantitative estimate of drug-likeness (QED) is 0.862. The third kappa shape index (κ3) is 2.30. The lowest BCUT2D eigenvalue weighted by Crippen LogP contribution is -2.31. The monoisotopic (exact) mass is 302 g/mol. The molecule has 0 aromatic carbocycles. The molecule has 7 nitrogen and oxygen atoms in total. The van der Waals surface area contributed by atoms with Crippen molar-refractivity contribution in [3.63, 3.8) is 0 Å². The Morgan fingerprint density at radius 2 is 2.18 bits per heavy atom. The summed E-state index contributed by atoms with van der Waals surface area (Å²) in [6, 6.07) is 1.65. The molecule has 1 unspecified atom stereocenters. The Labute approximate surface area is 127 Å². The second-order valence-electron chi connectivity index (χ2n) is 5.95. The molecular weight excluding hydrogens is 284 g/mol. The molecule has 4 rings (SSSR count). The third-order valence-corrected chi connectivity index (χ3v) is 4.33. The van der Waals surface area contributed by atoms with Crippen molar-refractivity contribution in [1.82, 2.24) is 20.2 Å². The number of amides is 1. The second-order valence-corrected chi connectivity index (χ2v) is 5.95. The van der Waals surface area contributed by atoms with Gasteiger partial charge in [-0.2, -0.15) is 4.98 Å². The van der Waals surface area contributed by atoms with Gasteiger partial charge < -0.3 is 13.9 Å². The maximum atomic E-state index is 12.7. The van der Waals surface area contributed by atoms with Crippen LogP contribution < -0.4 is 0 Å². The highest BCUT2D eigenvalue weighted by atomic mass is 16.5. The maximum absolute atomic E-state index is 12.7. The number of hydrogen-bond donors (Lipinski definition) is 0. The molecule has 22 heavy (non-hydrogen) atoms. The molecule has 2 aromatic rings. The second kappa shape index (κ2) is 5.23. The summed E-state index contributed by atoms with van der Waals surface area (Å²) < 4.78 is 10.5. The number of rotatable bonds is 4. The van der Waals surface area contributed by atoms with Crippen LogP contribution in [0.25, 0.3) is 0 Å². The van der Waals surface area contributed by atoms with Crippen LogP contribution in [-0.4, -0.2) is 32.6 Å². The number of hydrogen-bond acceptors (Lipinski definition) is 6. The van der Waals surface area contributed by atoms with Crippen LogP contribution in [0.5, 0.6) is 0 Å². The zero-order valence-electron chi connectivity index (χ0n) is 12.5. The van der Waals surface area contributed by atoms with Crippen molar-refractivity contribution in [3.05, 3.63) is 29.2 Å². The van der Waals surface area contributed by atoms with Crippen LogP contribution in [0.1, 0.15) is 72.5 Å². The van der Waals surface area contributed by atoms with Gasteiger partial charge in [0.05, 0.1) is 6.04 Å². The van der Waals surface area contributed by atoms with Crippen molar-refractivity contribution in [1.29, 1.82) is 0 Å². The lowest BCUT2D eigenvalue weighted by atomic mass is 10.2. The van der Waals surface area contributed by atoms with Gasteiger partial charge in [-0.1, -0.05) is 17.2 Å². The van der Waals surface area contributed by atoms with Crippen LogP contribution in [0.3, 0.4) is 0 Å². The zero-order chi connectivity index (χ0) is 15.1. The van der Waals surface area contributed by atoms with Crippen molar-refractivity contribution in [2.45, 2.75) is 51.0 Å². The molecule has 1 saturated carbocycles. The predicted molar refractivity (Wildman–Crippen MR) is 75.2 cm³/mol. The number of likely N-dealkylation sites (tertiary alicyclic amines) is 1. The van der Waals surface area contributed by atoms with Crippen molar-refractivity contribution in [2.75, 3.05) is 6.54 Å². The first-order valence-corrected chi connectivity index (χ1v) is 7.86. The van der Waals surface area contributed by atoms with Crippen molar-refractivity contribution in [2.24, 2.45) is 0 Å². The molecule has 0 bridgehead atoms. The maximum Gasteiger partial charge on any atom is 0.276 e. The van der Waals surface area contributed by atoms with Crippen LogP contribution >= 0.6 is 0 Å². The van der Waals surface area contributed by atoms with Gasteiger partial charge >= 0.3 is 0 Å². The standard InChI is InChI=1S/C15H18N4O3/c1-2-13-16-14(18-22-13)11-4-3-7-19(11)15(20)10-8-12(21-17-10)9-5-6-9/h8-9,11H,2-7H2,1H3. The number of aryl methyl sites for hydroxylation is 1. The fourth-order valence-corrected chi connectivity index (χ4v) is 2.92. The summed E-state index contributed by atoms with van der Waals surface area (Å²) in [6.45, 7) is 2.65. The summed E-state index contributed by atoms with van der Waals surface area (Å²) in [5.74, 6) is 2.36. The Morgan fingerprint density at radius 3 is 2.91 bits per heavy atom. The normalized spacial score (nSPS) is 21.5. The van der Waals surface area contributed by atoms with E-state index >= 15 is 0 Å². The Bertz CT molecular complexity index is 689. The van der Waals surface area contributed by atoms with Crippen LogP contribution in [0.2, 0.25) is 0 Å². The van der Waals surface area contributed by atoms with Gasteiger partial charge in [0.2, 0.25) is 5.89 Å². The number of nitrogens with zero attached hydrogens (tertiary/aromatic N) is 4. The van der Waals surface area contributed by atoms with E-state index in [1.165, 1.54) is 0 Å².